The highest BCUT2D eigenvalue weighted by atomic mass is 32.1. The molecule has 0 saturated carbocycles. The van der Waals surface area contributed by atoms with Gasteiger partial charge in [-0.1, -0.05) is 0 Å². The van der Waals surface area contributed by atoms with E-state index in [-0.39, 0.29) is 0 Å². The lowest BCUT2D eigenvalue weighted by Crippen LogP contribution is -2.28. The molecular formula is C11H19N3OS. The molecule has 0 aliphatic carbocycles. The molecule has 2 rings (SSSR count). The van der Waals surface area contributed by atoms with Crippen LogP contribution in [0.3, 0.4) is 0 Å². The maximum Gasteiger partial charge on any atom is 0.142 e. The smallest absolute Gasteiger partial charge is 0.142 e. The van der Waals surface area contributed by atoms with Crippen molar-refractivity contribution in [2.75, 3.05) is 23.7 Å². The Labute approximate surface area is 100 Å². The molecule has 16 heavy (non-hydrogen) atoms. The Hall–Kier alpha value is -0.810. The lowest BCUT2D eigenvalue weighted by Gasteiger charge is -2.23. The molecule has 1 aromatic rings. The quantitative estimate of drug-likeness (QED) is 0.786. The topological polar surface area (TPSA) is 62.4 Å². The summed E-state index contributed by atoms with van der Waals surface area (Å²) < 4.78 is 4.17. The first-order valence-corrected chi connectivity index (χ1v) is 6.46. The van der Waals surface area contributed by atoms with Crippen molar-refractivity contribution in [3.8, 4) is 0 Å². The maximum absolute atomic E-state index is 10.0. The average Bonchev–Trinajstić information content (AvgIpc) is 2.45. The van der Waals surface area contributed by atoms with E-state index >= 15 is 0 Å². The van der Waals surface area contributed by atoms with E-state index in [9.17, 15) is 5.11 Å². The summed E-state index contributed by atoms with van der Waals surface area (Å²) in [6.07, 6.45) is 2.70. The largest absolute Gasteiger partial charge is 0.390 e. The first kappa shape index (κ1) is 11.7. The highest BCUT2D eigenvalue weighted by Crippen LogP contribution is 2.32. The van der Waals surface area contributed by atoms with Gasteiger partial charge in [0.15, 0.2) is 0 Å². The average molecular weight is 241 g/mol. The summed E-state index contributed by atoms with van der Waals surface area (Å²) in [5.41, 5.74) is 6.32. The van der Waals surface area contributed by atoms with Crippen molar-refractivity contribution >= 4 is 22.4 Å². The van der Waals surface area contributed by atoms with Gasteiger partial charge in [-0.25, -0.2) is 0 Å². The molecule has 0 amide bonds. The van der Waals surface area contributed by atoms with Gasteiger partial charge in [0.1, 0.15) is 10.8 Å². The third kappa shape index (κ3) is 2.30. The normalized spacial score (nSPS) is 26.8. The van der Waals surface area contributed by atoms with Crippen LogP contribution in [0.15, 0.2) is 0 Å². The molecule has 1 aromatic heterocycles. The fourth-order valence-corrected chi connectivity index (χ4v) is 2.96. The monoisotopic (exact) mass is 241 g/mol. The van der Waals surface area contributed by atoms with E-state index in [0.29, 0.717) is 5.82 Å². The van der Waals surface area contributed by atoms with Gasteiger partial charge in [0.2, 0.25) is 0 Å². The molecule has 1 aliphatic rings. The molecule has 1 fully saturated rings. The predicted molar refractivity (Wildman–Crippen MR) is 68.0 cm³/mol. The van der Waals surface area contributed by atoms with Crippen LogP contribution in [0, 0.1) is 6.92 Å². The molecule has 1 unspecified atom stereocenters. The SMILES string of the molecule is Cc1c(N)nsc1N1CCCC(C)(O)CC1. The minimum absolute atomic E-state index is 0.515. The van der Waals surface area contributed by atoms with Gasteiger partial charge < -0.3 is 15.7 Å². The minimum Gasteiger partial charge on any atom is -0.390 e. The van der Waals surface area contributed by atoms with Gasteiger partial charge in [-0.15, -0.1) is 0 Å². The summed E-state index contributed by atoms with van der Waals surface area (Å²) in [4.78, 5) is 2.30. The molecule has 0 radical (unpaired) electrons. The van der Waals surface area contributed by atoms with Crippen LogP contribution < -0.4 is 10.6 Å². The number of aliphatic hydroxyl groups is 1. The number of rotatable bonds is 1. The standard InChI is InChI=1S/C11H19N3OS/c1-8-9(12)13-16-10(8)14-6-3-4-11(2,15)5-7-14/h15H,3-7H2,1-2H3,(H2,12,13). The summed E-state index contributed by atoms with van der Waals surface area (Å²) in [5.74, 6) is 0.635. The third-order valence-electron chi connectivity index (χ3n) is 3.29. The second kappa shape index (κ2) is 4.22. The summed E-state index contributed by atoms with van der Waals surface area (Å²) in [6, 6.07) is 0. The molecule has 0 bridgehead atoms. The van der Waals surface area contributed by atoms with Crippen LogP contribution in [0.25, 0.3) is 0 Å². The summed E-state index contributed by atoms with van der Waals surface area (Å²) in [7, 11) is 0. The van der Waals surface area contributed by atoms with Gasteiger partial charge in [0.25, 0.3) is 0 Å². The molecule has 0 aromatic carbocycles. The fraction of sp³-hybridized carbons (Fsp3) is 0.727. The van der Waals surface area contributed by atoms with Gasteiger partial charge in [0, 0.05) is 18.7 Å². The number of anilines is 2. The zero-order valence-electron chi connectivity index (χ0n) is 9.86. The zero-order chi connectivity index (χ0) is 11.8. The highest BCUT2D eigenvalue weighted by molar-refractivity contribution is 7.10. The molecule has 0 spiro atoms. The van der Waals surface area contributed by atoms with E-state index in [4.69, 9.17) is 5.73 Å². The van der Waals surface area contributed by atoms with Crippen LogP contribution in [-0.2, 0) is 0 Å². The van der Waals surface area contributed by atoms with E-state index in [0.717, 1.165) is 42.9 Å². The van der Waals surface area contributed by atoms with E-state index < -0.39 is 5.60 Å². The van der Waals surface area contributed by atoms with Crippen molar-refractivity contribution in [2.24, 2.45) is 0 Å². The van der Waals surface area contributed by atoms with Crippen molar-refractivity contribution in [3.05, 3.63) is 5.56 Å². The van der Waals surface area contributed by atoms with Gasteiger partial charge >= 0.3 is 0 Å². The Bertz CT molecular complexity index is 375. The van der Waals surface area contributed by atoms with E-state index in [1.54, 1.807) is 0 Å². The molecule has 5 heteroatoms. The molecule has 1 aliphatic heterocycles. The van der Waals surface area contributed by atoms with Crippen LogP contribution in [0.2, 0.25) is 0 Å². The third-order valence-corrected chi connectivity index (χ3v) is 4.31. The van der Waals surface area contributed by atoms with E-state index in [1.807, 2.05) is 13.8 Å². The maximum atomic E-state index is 10.0. The van der Waals surface area contributed by atoms with Gasteiger partial charge in [-0.3, -0.25) is 0 Å². The molecule has 4 nitrogen and oxygen atoms in total. The fourth-order valence-electron chi connectivity index (χ4n) is 2.10. The molecule has 3 N–H and O–H groups in total. The molecule has 1 atom stereocenters. The summed E-state index contributed by atoms with van der Waals surface area (Å²) in [6.45, 7) is 5.80. The van der Waals surface area contributed by atoms with Crippen molar-refractivity contribution in [1.82, 2.24) is 4.37 Å². The van der Waals surface area contributed by atoms with E-state index in [1.165, 1.54) is 11.5 Å². The van der Waals surface area contributed by atoms with Crippen LogP contribution in [-0.4, -0.2) is 28.2 Å². The number of hydrogen-bond acceptors (Lipinski definition) is 5. The van der Waals surface area contributed by atoms with Crippen molar-refractivity contribution in [1.29, 1.82) is 0 Å². The second-order valence-electron chi connectivity index (χ2n) is 4.84. The van der Waals surface area contributed by atoms with Crippen molar-refractivity contribution in [3.63, 3.8) is 0 Å². The summed E-state index contributed by atoms with van der Waals surface area (Å²) in [5, 5.41) is 11.2. The highest BCUT2D eigenvalue weighted by Gasteiger charge is 2.26. The Morgan fingerprint density at radius 3 is 2.81 bits per heavy atom. The summed E-state index contributed by atoms with van der Waals surface area (Å²) >= 11 is 1.46. The number of hydrogen-bond donors (Lipinski definition) is 2. The first-order valence-electron chi connectivity index (χ1n) is 5.69. The van der Waals surface area contributed by atoms with Crippen molar-refractivity contribution < 1.29 is 5.11 Å². The van der Waals surface area contributed by atoms with Crippen molar-refractivity contribution in [2.45, 2.75) is 38.7 Å². The predicted octanol–water partition coefficient (Wildman–Crippen LogP) is 1.78. The lowest BCUT2D eigenvalue weighted by molar-refractivity contribution is 0.0481. The Morgan fingerprint density at radius 2 is 2.19 bits per heavy atom. The molecule has 90 valence electrons. The minimum atomic E-state index is -0.515. The Kier molecular flexibility index (Phi) is 3.08. The van der Waals surface area contributed by atoms with Crippen LogP contribution >= 0.6 is 11.5 Å². The van der Waals surface area contributed by atoms with Gasteiger partial charge in [0.05, 0.1) is 5.60 Å². The first-order chi connectivity index (χ1) is 7.49. The number of nitrogens with zero attached hydrogens (tertiary/aromatic N) is 2. The Balaban J connectivity index is 2.14. The number of aromatic nitrogens is 1. The number of nitrogen functional groups attached to an aromatic ring is 1. The van der Waals surface area contributed by atoms with Crippen LogP contribution in [0.4, 0.5) is 10.8 Å². The molecular weight excluding hydrogens is 222 g/mol. The lowest BCUT2D eigenvalue weighted by atomic mass is 9.98. The molecule has 2 heterocycles. The van der Waals surface area contributed by atoms with E-state index in [2.05, 4.69) is 9.27 Å². The van der Waals surface area contributed by atoms with Crippen LogP contribution in [0.5, 0.6) is 0 Å². The van der Waals surface area contributed by atoms with Gasteiger partial charge in [-0.2, -0.15) is 4.37 Å². The number of nitrogens with two attached hydrogens (primary N) is 1. The second-order valence-corrected chi connectivity index (χ2v) is 5.59. The Morgan fingerprint density at radius 1 is 1.44 bits per heavy atom. The van der Waals surface area contributed by atoms with Gasteiger partial charge in [-0.05, 0) is 44.6 Å². The molecule has 1 saturated heterocycles. The van der Waals surface area contributed by atoms with Crippen LogP contribution in [0.1, 0.15) is 31.7 Å². The zero-order valence-corrected chi connectivity index (χ0v) is 10.7.